The van der Waals surface area contributed by atoms with Crippen molar-refractivity contribution in [3.8, 4) is 11.5 Å². The number of hydrogen-bond donors (Lipinski definition) is 2. The average Bonchev–Trinajstić information content (AvgIpc) is 2.53. The van der Waals surface area contributed by atoms with Gasteiger partial charge in [-0.05, 0) is 50.0 Å². The van der Waals surface area contributed by atoms with Gasteiger partial charge in [-0.1, -0.05) is 18.2 Å². The van der Waals surface area contributed by atoms with Crippen LogP contribution in [0.5, 0.6) is 11.5 Å². The topological polar surface area (TPSA) is 61.8 Å². The molecule has 0 heterocycles. The molecule has 0 saturated carbocycles. The SMILES string of the molecule is CN(C)CCOc1ccc(CNC(=O)c2cccc(O)c2)cc1. The van der Waals surface area contributed by atoms with Crippen molar-refractivity contribution in [3.05, 3.63) is 59.7 Å². The summed E-state index contributed by atoms with van der Waals surface area (Å²) in [6.45, 7) is 1.93. The number of hydrogen-bond acceptors (Lipinski definition) is 4. The van der Waals surface area contributed by atoms with Crippen molar-refractivity contribution in [2.45, 2.75) is 6.54 Å². The van der Waals surface area contributed by atoms with Gasteiger partial charge in [-0.15, -0.1) is 0 Å². The first kappa shape index (κ1) is 16.8. The van der Waals surface area contributed by atoms with E-state index in [4.69, 9.17) is 4.74 Å². The average molecular weight is 314 g/mol. The Morgan fingerprint density at radius 1 is 1.17 bits per heavy atom. The molecule has 23 heavy (non-hydrogen) atoms. The predicted octanol–water partition coefficient (Wildman–Crippen LogP) is 2.26. The molecule has 5 heteroatoms. The zero-order valence-corrected chi connectivity index (χ0v) is 13.5. The van der Waals surface area contributed by atoms with Gasteiger partial charge in [0.25, 0.3) is 5.91 Å². The summed E-state index contributed by atoms with van der Waals surface area (Å²) in [5, 5.41) is 12.2. The number of nitrogens with zero attached hydrogens (tertiary/aromatic N) is 1. The van der Waals surface area contributed by atoms with E-state index in [1.54, 1.807) is 12.1 Å². The summed E-state index contributed by atoms with van der Waals surface area (Å²) in [7, 11) is 4.00. The van der Waals surface area contributed by atoms with Gasteiger partial charge < -0.3 is 20.1 Å². The fourth-order valence-corrected chi connectivity index (χ4v) is 1.98. The predicted molar refractivity (Wildman–Crippen MR) is 89.8 cm³/mol. The van der Waals surface area contributed by atoms with Crippen molar-refractivity contribution in [1.29, 1.82) is 0 Å². The Morgan fingerprint density at radius 2 is 1.91 bits per heavy atom. The Labute approximate surface area is 136 Å². The van der Waals surface area contributed by atoms with Crippen molar-refractivity contribution in [3.63, 3.8) is 0 Å². The Morgan fingerprint density at radius 3 is 2.57 bits per heavy atom. The van der Waals surface area contributed by atoms with E-state index in [1.165, 1.54) is 12.1 Å². The van der Waals surface area contributed by atoms with Crippen LogP contribution in [0.2, 0.25) is 0 Å². The molecule has 0 fully saturated rings. The lowest BCUT2D eigenvalue weighted by molar-refractivity contribution is 0.0950. The van der Waals surface area contributed by atoms with Gasteiger partial charge in [0.15, 0.2) is 0 Å². The molecule has 0 aliphatic heterocycles. The van der Waals surface area contributed by atoms with Crippen molar-refractivity contribution < 1.29 is 14.6 Å². The molecule has 1 amide bonds. The molecule has 0 unspecified atom stereocenters. The number of carbonyl (C=O) groups excluding carboxylic acids is 1. The van der Waals surface area contributed by atoms with Crippen molar-refractivity contribution in [2.24, 2.45) is 0 Å². The molecule has 0 aromatic heterocycles. The molecule has 0 spiro atoms. The van der Waals surface area contributed by atoms with E-state index in [0.717, 1.165) is 17.9 Å². The molecule has 5 nitrogen and oxygen atoms in total. The lowest BCUT2D eigenvalue weighted by Gasteiger charge is -2.11. The highest BCUT2D eigenvalue weighted by Gasteiger charge is 2.06. The number of rotatable bonds is 7. The minimum Gasteiger partial charge on any atom is -0.508 e. The number of phenols is 1. The number of carbonyl (C=O) groups is 1. The third-order valence-electron chi connectivity index (χ3n) is 3.29. The molecule has 122 valence electrons. The van der Waals surface area contributed by atoms with Gasteiger partial charge in [-0.3, -0.25) is 4.79 Å². The first-order chi connectivity index (χ1) is 11.0. The maximum Gasteiger partial charge on any atom is 0.251 e. The Bertz CT molecular complexity index is 639. The second-order valence-electron chi connectivity index (χ2n) is 5.53. The number of benzene rings is 2. The molecule has 0 radical (unpaired) electrons. The van der Waals surface area contributed by atoms with Gasteiger partial charge in [0.1, 0.15) is 18.1 Å². The highest BCUT2D eigenvalue weighted by atomic mass is 16.5. The first-order valence-corrected chi connectivity index (χ1v) is 7.48. The number of nitrogens with one attached hydrogen (secondary N) is 1. The molecule has 2 aromatic carbocycles. The number of likely N-dealkylation sites (N-methyl/N-ethyl adjacent to an activating group) is 1. The van der Waals surface area contributed by atoms with Crippen LogP contribution in [0.4, 0.5) is 0 Å². The third-order valence-corrected chi connectivity index (χ3v) is 3.29. The van der Waals surface area contributed by atoms with Gasteiger partial charge in [-0.2, -0.15) is 0 Å². The van der Waals surface area contributed by atoms with Gasteiger partial charge in [0.2, 0.25) is 0 Å². The van der Waals surface area contributed by atoms with E-state index >= 15 is 0 Å². The summed E-state index contributed by atoms with van der Waals surface area (Å²) in [4.78, 5) is 14.1. The smallest absolute Gasteiger partial charge is 0.251 e. The van der Waals surface area contributed by atoms with Gasteiger partial charge in [-0.25, -0.2) is 0 Å². The van der Waals surface area contributed by atoms with E-state index in [1.807, 2.05) is 38.4 Å². The van der Waals surface area contributed by atoms with Gasteiger partial charge in [0.05, 0.1) is 0 Å². The molecule has 0 aliphatic carbocycles. The molecule has 2 N–H and O–H groups in total. The Kier molecular flexibility index (Phi) is 6.00. The highest BCUT2D eigenvalue weighted by molar-refractivity contribution is 5.94. The van der Waals surface area contributed by atoms with Crippen LogP contribution in [0, 0.1) is 0 Å². The fraction of sp³-hybridized carbons (Fsp3) is 0.278. The van der Waals surface area contributed by atoms with Gasteiger partial charge in [0, 0.05) is 18.7 Å². The van der Waals surface area contributed by atoms with Crippen LogP contribution >= 0.6 is 0 Å². The minimum absolute atomic E-state index is 0.0804. The lowest BCUT2D eigenvalue weighted by Crippen LogP contribution is -2.22. The molecule has 0 atom stereocenters. The second kappa shape index (κ2) is 8.19. The van der Waals surface area contributed by atoms with E-state index in [-0.39, 0.29) is 11.7 Å². The Balaban J connectivity index is 1.83. The maximum absolute atomic E-state index is 12.0. The fourth-order valence-electron chi connectivity index (χ4n) is 1.98. The minimum atomic E-state index is -0.216. The summed E-state index contributed by atoms with van der Waals surface area (Å²) >= 11 is 0. The molecule has 0 saturated heterocycles. The van der Waals surface area contributed by atoms with E-state index in [2.05, 4.69) is 10.2 Å². The molecular formula is C18H22N2O3. The lowest BCUT2D eigenvalue weighted by atomic mass is 10.2. The summed E-state index contributed by atoms with van der Waals surface area (Å²) in [6, 6.07) is 13.9. The second-order valence-corrected chi connectivity index (χ2v) is 5.53. The van der Waals surface area contributed by atoms with Crippen molar-refractivity contribution in [1.82, 2.24) is 10.2 Å². The molecule has 2 rings (SSSR count). The van der Waals surface area contributed by atoms with Crippen LogP contribution in [0.15, 0.2) is 48.5 Å². The van der Waals surface area contributed by atoms with Crippen molar-refractivity contribution >= 4 is 5.91 Å². The monoisotopic (exact) mass is 314 g/mol. The van der Waals surface area contributed by atoms with Crippen LogP contribution in [0.3, 0.4) is 0 Å². The van der Waals surface area contributed by atoms with E-state index < -0.39 is 0 Å². The van der Waals surface area contributed by atoms with Crippen LogP contribution in [-0.2, 0) is 6.54 Å². The summed E-state index contributed by atoms with van der Waals surface area (Å²) in [6.07, 6.45) is 0. The number of aromatic hydroxyl groups is 1. The number of ether oxygens (including phenoxy) is 1. The molecule has 2 aromatic rings. The summed E-state index contributed by atoms with van der Waals surface area (Å²) in [5.74, 6) is 0.680. The molecule has 0 aliphatic rings. The zero-order valence-electron chi connectivity index (χ0n) is 13.5. The van der Waals surface area contributed by atoms with Crippen LogP contribution in [0.1, 0.15) is 15.9 Å². The van der Waals surface area contributed by atoms with E-state index in [0.29, 0.717) is 18.7 Å². The number of amides is 1. The highest BCUT2D eigenvalue weighted by Crippen LogP contribution is 2.13. The first-order valence-electron chi connectivity index (χ1n) is 7.48. The Hall–Kier alpha value is -2.53. The number of phenolic OH excluding ortho intramolecular Hbond substituents is 1. The zero-order chi connectivity index (χ0) is 16.7. The largest absolute Gasteiger partial charge is 0.508 e. The van der Waals surface area contributed by atoms with E-state index in [9.17, 15) is 9.90 Å². The third kappa shape index (κ3) is 5.64. The van der Waals surface area contributed by atoms with Crippen LogP contribution in [0.25, 0.3) is 0 Å². The molecular weight excluding hydrogens is 292 g/mol. The summed E-state index contributed by atoms with van der Waals surface area (Å²) < 4.78 is 5.62. The maximum atomic E-state index is 12.0. The van der Waals surface area contributed by atoms with Crippen molar-refractivity contribution in [2.75, 3.05) is 27.2 Å². The van der Waals surface area contributed by atoms with Crippen LogP contribution in [-0.4, -0.2) is 43.2 Å². The summed E-state index contributed by atoms with van der Waals surface area (Å²) in [5.41, 5.74) is 1.42. The van der Waals surface area contributed by atoms with Gasteiger partial charge >= 0.3 is 0 Å². The standard InChI is InChI=1S/C18H22N2O3/c1-20(2)10-11-23-17-8-6-14(7-9-17)13-19-18(22)15-4-3-5-16(21)12-15/h3-9,12,21H,10-11,13H2,1-2H3,(H,19,22). The normalized spacial score (nSPS) is 10.6. The molecule has 0 bridgehead atoms. The quantitative estimate of drug-likeness (QED) is 0.823. The van der Waals surface area contributed by atoms with Crippen LogP contribution < -0.4 is 10.1 Å².